The normalized spacial score (nSPS) is 11.3. The second kappa shape index (κ2) is 6.45. The molecule has 0 bridgehead atoms. The maximum Gasteiger partial charge on any atom is 0.332 e. The van der Waals surface area contributed by atoms with Gasteiger partial charge < -0.3 is 9.88 Å². The molecular formula is C17H21N5O2. The van der Waals surface area contributed by atoms with E-state index in [-0.39, 0.29) is 11.2 Å². The lowest BCUT2D eigenvalue weighted by Gasteiger charge is -2.08. The standard InChI is InChI=1S/C17H21N5O2/c1-12-4-6-13(7-5-12)10-18-8-9-22-11-19-15-14(22)16(23)21(3)17(24)20(15)2/h4-7,11,18H,8-10H2,1-3H3. The molecule has 7 heteroatoms. The first-order chi connectivity index (χ1) is 11.5. The molecule has 0 aliphatic carbocycles. The van der Waals surface area contributed by atoms with Gasteiger partial charge in [0.05, 0.1) is 6.33 Å². The first kappa shape index (κ1) is 16.2. The molecule has 3 rings (SSSR count). The lowest BCUT2D eigenvalue weighted by atomic mass is 10.1. The molecule has 3 aromatic rings. The lowest BCUT2D eigenvalue weighted by molar-refractivity contribution is 0.603. The maximum absolute atomic E-state index is 12.3. The fourth-order valence-corrected chi connectivity index (χ4v) is 2.70. The van der Waals surface area contributed by atoms with E-state index in [0.717, 1.165) is 11.1 Å². The number of rotatable bonds is 5. The minimum absolute atomic E-state index is 0.316. The molecule has 24 heavy (non-hydrogen) atoms. The molecule has 2 aromatic heterocycles. The number of benzene rings is 1. The molecule has 0 radical (unpaired) electrons. The van der Waals surface area contributed by atoms with Crippen molar-refractivity contribution >= 4 is 11.2 Å². The zero-order valence-electron chi connectivity index (χ0n) is 14.1. The van der Waals surface area contributed by atoms with Crippen LogP contribution < -0.4 is 16.6 Å². The fourth-order valence-electron chi connectivity index (χ4n) is 2.70. The third-order valence-electron chi connectivity index (χ3n) is 4.20. The molecule has 0 fully saturated rings. The van der Waals surface area contributed by atoms with Gasteiger partial charge in [-0.15, -0.1) is 0 Å². The number of nitrogens with zero attached hydrogens (tertiary/aromatic N) is 4. The Bertz CT molecular complexity index is 979. The molecule has 126 valence electrons. The van der Waals surface area contributed by atoms with Gasteiger partial charge >= 0.3 is 5.69 Å². The quantitative estimate of drug-likeness (QED) is 0.694. The van der Waals surface area contributed by atoms with Crippen LogP contribution in [0.15, 0.2) is 40.2 Å². The van der Waals surface area contributed by atoms with E-state index in [1.54, 1.807) is 17.9 Å². The predicted octanol–water partition coefficient (Wildman–Crippen LogP) is 0.532. The van der Waals surface area contributed by atoms with E-state index in [0.29, 0.717) is 24.3 Å². The van der Waals surface area contributed by atoms with E-state index in [2.05, 4.69) is 41.5 Å². The lowest BCUT2D eigenvalue weighted by Crippen LogP contribution is -2.37. The zero-order chi connectivity index (χ0) is 17.3. The van der Waals surface area contributed by atoms with Crippen LogP contribution in [0.4, 0.5) is 0 Å². The molecular weight excluding hydrogens is 306 g/mol. The number of nitrogens with one attached hydrogen (secondary N) is 1. The highest BCUT2D eigenvalue weighted by Crippen LogP contribution is 2.05. The highest BCUT2D eigenvalue weighted by Gasteiger charge is 2.13. The Balaban J connectivity index is 1.73. The van der Waals surface area contributed by atoms with Crippen LogP contribution in [0.1, 0.15) is 11.1 Å². The van der Waals surface area contributed by atoms with Crippen molar-refractivity contribution in [1.29, 1.82) is 0 Å². The van der Waals surface area contributed by atoms with Crippen molar-refractivity contribution in [1.82, 2.24) is 24.0 Å². The maximum atomic E-state index is 12.3. The third-order valence-corrected chi connectivity index (χ3v) is 4.20. The number of aromatic nitrogens is 4. The van der Waals surface area contributed by atoms with Gasteiger partial charge in [0.25, 0.3) is 5.56 Å². The average molecular weight is 327 g/mol. The van der Waals surface area contributed by atoms with Gasteiger partial charge in [0.15, 0.2) is 11.2 Å². The monoisotopic (exact) mass is 327 g/mol. The molecule has 0 saturated carbocycles. The summed E-state index contributed by atoms with van der Waals surface area (Å²) in [4.78, 5) is 28.5. The number of hydrogen-bond acceptors (Lipinski definition) is 4. The van der Waals surface area contributed by atoms with Crippen LogP contribution in [-0.2, 0) is 27.2 Å². The summed E-state index contributed by atoms with van der Waals surface area (Å²) >= 11 is 0. The molecule has 0 atom stereocenters. The Morgan fingerprint density at radius 1 is 1.08 bits per heavy atom. The van der Waals surface area contributed by atoms with Crippen LogP contribution in [0.3, 0.4) is 0 Å². The molecule has 0 unspecified atom stereocenters. The summed E-state index contributed by atoms with van der Waals surface area (Å²) in [6, 6.07) is 8.37. The first-order valence-corrected chi connectivity index (χ1v) is 7.86. The minimum atomic E-state index is -0.366. The minimum Gasteiger partial charge on any atom is -0.323 e. The SMILES string of the molecule is Cc1ccc(CNCCn2cnc3c2c(=O)n(C)c(=O)n3C)cc1. The van der Waals surface area contributed by atoms with Gasteiger partial charge in [0, 0.05) is 33.7 Å². The van der Waals surface area contributed by atoms with Crippen molar-refractivity contribution in [2.24, 2.45) is 14.1 Å². The van der Waals surface area contributed by atoms with E-state index in [4.69, 9.17) is 0 Å². The van der Waals surface area contributed by atoms with Crippen LogP contribution in [0.25, 0.3) is 11.2 Å². The zero-order valence-corrected chi connectivity index (χ0v) is 14.1. The van der Waals surface area contributed by atoms with E-state index in [1.165, 1.54) is 22.7 Å². The van der Waals surface area contributed by atoms with E-state index < -0.39 is 0 Å². The summed E-state index contributed by atoms with van der Waals surface area (Å²) in [5.41, 5.74) is 2.65. The van der Waals surface area contributed by atoms with Crippen LogP contribution in [0, 0.1) is 6.92 Å². The van der Waals surface area contributed by atoms with E-state index in [1.807, 2.05) is 0 Å². The molecule has 2 heterocycles. The molecule has 1 N–H and O–H groups in total. The van der Waals surface area contributed by atoms with Crippen molar-refractivity contribution in [2.45, 2.75) is 20.0 Å². The van der Waals surface area contributed by atoms with Gasteiger partial charge in [-0.25, -0.2) is 9.78 Å². The van der Waals surface area contributed by atoms with Gasteiger partial charge in [0.1, 0.15) is 0 Å². The van der Waals surface area contributed by atoms with Crippen molar-refractivity contribution < 1.29 is 0 Å². The van der Waals surface area contributed by atoms with E-state index in [9.17, 15) is 9.59 Å². The molecule has 0 aliphatic rings. The highest BCUT2D eigenvalue weighted by molar-refractivity contribution is 5.69. The fraction of sp³-hybridized carbons (Fsp3) is 0.353. The summed E-state index contributed by atoms with van der Waals surface area (Å²) in [5.74, 6) is 0. The third kappa shape index (κ3) is 2.90. The average Bonchev–Trinajstić information content (AvgIpc) is 3.00. The number of hydrogen-bond donors (Lipinski definition) is 1. The van der Waals surface area contributed by atoms with Crippen molar-refractivity contribution in [3.05, 3.63) is 62.6 Å². The first-order valence-electron chi connectivity index (χ1n) is 7.86. The molecule has 0 amide bonds. The number of imidazole rings is 1. The van der Waals surface area contributed by atoms with Crippen LogP contribution >= 0.6 is 0 Å². The summed E-state index contributed by atoms with van der Waals surface area (Å²) in [7, 11) is 3.11. The summed E-state index contributed by atoms with van der Waals surface area (Å²) < 4.78 is 4.30. The van der Waals surface area contributed by atoms with Gasteiger partial charge in [-0.3, -0.25) is 13.9 Å². The van der Waals surface area contributed by atoms with Crippen molar-refractivity contribution in [3.63, 3.8) is 0 Å². The molecule has 0 saturated heterocycles. The van der Waals surface area contributed by atoms with E-state index >= 15 is 0 Å². The Morgan fingerprint density at radius 3 is 2.50 bits per heavy atom. The Labute approximate surface area is 139 Å². The summed E-state index contributed by atoms with van der Waals surface area (Å²) in [6.07, 6.45) is 1.61. The van der Waals surface area contributed by atoms with Crippen LogP contribution in [0.5, 0.6) is 0 Å². The highest BCUT2D eigenvalue weighted by atomic mass is 16.2. The Morgan fingerprint density at radius 2 is 1.79 bits per heavy atom. The van der Waals surface area contributed by atoms with Crippen molar-refractivity contribution in [2.75, 3.05) is 6.54 Å². The molecule has 1 aromatic carbocycles. The van der Waals surface area contributed by atoms with Gasteiger partial charge in [0.2, 0.25) is 0 Å². The molecule has 0 aliphatic heterocycles. The summed E-state index contributed by atoms with van der Waals surface area (Å²) in [6.45, 7) is 4.14. The Hall–Kier alpha value is -2.67. The second-order valence-electron chi connectivity index (χ2n) is 5.98. The van der Waals surface area contributed by atoms with Gasteiger partial charge in [-0.05, 0) is 12.5 Å². The Kier molecular flexibility index (Phi) is 4.35. The van der Waals surface area contributed by atoms with Crippen molar-refractivity contribution in [3.8, 4) is 0 Å². The van der Waals surface area contributed by atoms with Gasteiger partial charge in [-0.1, -0.05) is 29.8 Å². The topological polar surface area (TPSA) is 73.8 Å². The van der Waals surface area contributed by atoms with Gasteiger partial charge in [-0.2, -0.15) is 0 Å². The number of aryl methyl sites for hydroxylation is 2. The largest absolute Gasteiger partial charge is 0.332 e. The molecule has 7 nitrogen and oxygen atoms in total. The number of fused-ring (bicyclic) bond motifs is 1. The van der Waals surface area contributed by atoms with Crippen LogP contribution in [-0.4, -0.2) is 25.2 Å². The second-order valence-corrected chi connectivity index (χ2v) is 5.98. The smallest absolute Gasteiger partial charge is 0.323 e. The van der Waals surface area contributed by atoms with Crippen LogP contribution in [0.2, 0.25) is 0 Å². The summed E-state index contributed by atoms with van der Waals surface area (Å²) in [5, 5.41) is 3.36. The predicted molar refractivity (Wildman–Crippen MR) is 93.1 cm³/mol. The molecule has 0 spiro atoms.